The minimum atomic E-state index is -0.381. The minimum Gasteiger partial charge on any atom is -0.462 e. The molecule has 0 fully saturated rings. The number of carbonyl (C=O) groups excluding carboxylic acids is 4. The number of rotatable bonds is 32. The van der Waals surface area contributed by atoms with Crippen LogP contribution in [-0.4, -0.2) is 70.2 Å². The van der Waals surface area contributed by atoms with E-state index in [1.165, 1.54) is 0 Å². The average molecular weight is 1240 g/mol. The molecule has 7 aromatic rings. The van der Waals surface area contributed by atoms with E-state index in [2.05, 4.69) is 114 Å². The Kier molecular flexibility index (Phi) is 24.7. The van der Waals surface area contributed by atoms with E-state index in [1.807, 2.05) is 72.8 Å². The van der Waals surface area contributed by atoms with Crippen molar-refractivity contribution < 1.29 is 38.1 Å². The van der Waals surface area contributed by atoms with E-state index in [4.69, 9.17) is 28.9 Å². The molecule has 3 aromatic heterocycles. The summed E-state index contributed by atoms with van der Waals surface area (Å²) in [7, 11) is 0. The van der Waals surface area contributed by atoms with E-state index in [0.717, 1.165) is 217 Å². The highest BCUT2D eigenvalue weighted by atomic mass is 16.5. The average Bonchev–Trinajstić information content (AvgIpc) is 1.63. The molecule has 12 heteroatoms. The minimum absolute atomic E-state index is 0.318. The van der Waals surface area contributed by atoms with Crippen molar-refractivity contribution in [3.05, 3.63) is 164 Å². The van der Waals surface area contributed by atoms with Crippen LogP contribution in [0.1, 0.15) is 245 Å². The number of unbranched alkanes of at least 4 members (excludes halogenated alkanes) is 8. The van der Waals surface area contributed by atoms with Crippen LogP contribution in [0.4, 0.5) is 0 Å². The van der Waals surface area contributed by atoms with Gasteiger partial charge >= 0.3 is 23.9 Å². The lowest BCUT2D eigenvalue weighted by molar-refractivity contribution is 0.0490. The molecule has 0 amide bonds. The number of benzene rings is 4. The Hall–Kier alpha value is -8.64. The molecule has 9 rings (SSSR count). The first-order valence-electron chi connectivity index (χ1n) is 34.3. The molecule has 8 bridgehead atoms. The van der Waals surface area contributed by atoms with Gasteiger partial charge in [-0.3, -0.25) is 0 Å². The first-order valence-corrected chi connectivity index (χ1v) is 34.3. The predicted octanol–water partition coefficient (Wildman–Crippen LogP) is 20.5. The molecule has 482 valence electrons. The van der Waals surface area contributed by atoms with Gasteiger partial charge in [0.05, 0.1) is 71.5 Å². The van der Waals surface area contributed by atoms with Crippen LogP contribution in [0.15, 0.2) is 97.1 Å². The first-order chi connectivity index (χ1) is 44.9. The number of hydrogen-bond acceptors (Lipinski definition) is 10. The third-order valence-corrected chi connectivity index (χ3v) is 17.0. The number of H-pyrrole nitrogens is 2. The summed E-state index contributed by atoms with van der Waals surface area (Å²) in [5.74, 6) is -1.53. The molecule has 5 heterocycles. The van der Waals surface area contributed by atoms with Crippen LogP contribution in [0.2, 0.25) is 0 Å². The highest BCUT2D eigenvalue weighted by Gasteiger charge is 2.24. The van der Waals surface area contributed by atoms with Gasteiger partial charge in [-0.2, -0.15) is 0 Å². The summed E-state index contributed by atoms with van der Waals surface area (Å²) < 4.78 is 23.7. The maximum Gasteiger partial charge on any atom is 0.338 e. The van der Waals surface area contributed by atoms with Gasteiger partial charge in [0.2, 0.25) is 0 Å². The zero-order chi connectivity index (χ0) is 64.9. The summed E-state index contributed by atoms with van der Waals surface area (Å²) in [6.07, 6.45) is 25.3. The summed E-state index contributed by atoms with van der Waals surface area (Å²) in [6, 6.07) is 32.5. The molecule has 12 nitrogen and oxygen atoms in total. The van der Waals surface area contributed by atoms with Crippen molar-refractivity contribution in [1.82, 2.24) is 19.9 Å². The Labute approximate surface area is 544 Å². The molecular weight excluding hydrogens is 1140 g/mol. The number of aryl methyl sites for hydroxylation is 4. The topological polar surface area (TPSA) is 163 Å². The van der Waals surface area contributed by atoms with E-state index in [9.17, 15) is 19.2 Å². The monoisotopic (exact) mass is 1240 g/mol. The second kappa shape index (κ2) is 33.6. The van der Waals surface area contributed by atoms with Crippen molar-refractivity contribution in [2.75, 3.05) is 26.4 Å². The number of hydrogen-bond donors (Lipinski definition) is 2. The summed E-state index contributed by atoms with van der Waals surface area (Å²) in [5.41, 5.74) is 17.5. The molecule has 2 aliphatic heterocycles. The molecule has 2 N–H and O–H groups in total. The number of aromatic amines is 2. The van der Waals surface area contributed by atoms with Gasteiger partial charge in [-0.25, -0.2) is 29.1 Å². The standard InChI is InChI=1S/C80H94N4O8/c1-9-17-25-53-41-57(49-61(45-53)77(85)89-37-21-13-5)73-65-29-31-67(81-65)74(58-42-54(26-18-10-2)46-62(50-58)78(86)90-38-22-14-6)69-33-35-71(83-69)76(60-44-56(28-20-12-4)48-64(52-60)80(88)92-40-24-16-8)72-36-34-70(84-72)75(68-32-30-66(73)82-68)59-43-55(27-19-11-3)47-63(51-59)79(87)91-39-23-15-7/h29-36,41-52,81,84H,9-28,37-40H2,1-8H3. The number of esters is 4. The molecule has 2 aliphatic rings. The van der Waals surface area contributed by atoms with Gasteiger partial charge in [0.25, 0.3) is 0 Å². The van der Waals surface area contributed by atoms with Crippen molar-refractivity contribution in [2.45, 2.75) is 184 Å². The van der Waals surface area contributed by atoms with E-state index >= 15 is 0 Å². The quantitative estimate of drug-likeness (QED) is 0.0236. The van der Waals surface area contributed by atoms with E-state index in [-0.39, 0.29) is 23.9 Å². The Morgan fingerprint density at radius 2 is 0.522 bits per heavy atom. The molecule has 0 radical (unpaired) electrons. The lowest BCUT2D eigenvalue weighted by atomic mass is 9.96. The van der Waals surface area contributed by atoms with Crippen LogP contribution in [-0.2, 0) is 44.6 Å². The fraction of sp³-hybridized carbons (Fsp3) is 0.400. The molecule has 0 aliphatic carbocycles. The van der Waals surface area contributed by atoms with Crippen LogP contribution in [0, 0.1) is 0 Å². The highest BCUT2D eigenvalue weighted by Crippen LogP contribution is 2.41. The van der Waals surface area contributed by atoms with Gasteiger partial charge in [-0.05, 0) is 219 Å². The molecular formula is C80H94N4O8. The van der Waals surface area contributed by atoms with E-state index < -0.39 is 0 Å². The Balaban J connectivity index is 1.46. The lowest BCUT2D eigenvalue weighted by Gasteiger charge is -2.13. The van der Waals surface area contributed by atoms with E-state index in [0.29, 0.717) is 71.5 Å². The van der Waals surface area contributed by atoms with Crippen molar-refractivity contribution in [2.24, 2.45) is 0 Å². The van der Waals surface area contributed by atoms with Gasteiger partial charge in [0.15, 0.2) is 0 Å². The number of nitrogens with zero attached hydrogens (tertiary/aromatic N) is 2. The number of ether oxygens (including phenoxy) is 4. The van der Waals surface area contributed by atoms with Crippen molar-refractivity contribution in [3.8, 4) is 44.5 Å². The second-order valence-corrected chi connectivity index (χ2v) is 24.5. The molecule has 0 saturated carbocycles. The van der Waals surface area contributed by atoms with Crippen LogP contribution in [0.5, 0.6) is 0 Å². The predicted molar refractivity (Wildman–Crippen MR) is 376 cm³/mol. The summed E-state index contributed by atoms with van der Waals surface area (Å²) in [4.78, 5) is 75.9. The van der Waals surface area contributed by atoms with Crippen LogP contribution < -0.4 is 0 Å². The van der Waals surface area contributed by atoms with Gasteiger partial charge in [-0.15, -0.1) is 0 Å². The fourth-order valence-corrected chi connectivity index (χ4v) is 11.9. The van der Waals surface area contributed by atoms with Crippen molar-refractivity contribution >= 4 is 70.2 Å². The molecule has 92 heavy (non-hydrogen) atoms. The number of aromatic nitrogens is 4. The van der Waals surface area contributed by atoms with Gasteiger partial charge < -0.3 is 28.9 Å². The molecule has 0 saturated heterocycles. The van der Waals surface area contributed by atoms with Gasteiger partial charge in [0.1, 0.15) is 0 Å². The number of fused-ring (bicyclic) bond motifs is 8. The number of nitrogens with one attached hydrogen (secondary N) is 2. The Morgan fingerprint density at radius 1 is 0.304 bits per heavy atom. The molecule has 0 spiro atoms. The summed E-state index contributed by atoms with van der Waals surface area (Å²) >= 11 is 0. The smallest absolute Gasteiger partial charge is 0.338 e. The Morgan fingerprint density at radius 3 is 0.728 bits per heavy atom. The zero-order valence-corrected chi connectivity index (χ0v) is 55.7. The largest absolute Gasteiger partial charge is 0.462 e. The molecule has 0 unspecified atom stereocenters. The van der Waals surface area contributed by atoms with Crippen LogP contribution >= 0.6 is 0 Å². The lowest BCUT2D eigenvalue weighted by Crippen LogP contribution is -2.07. The highest BCUT2D eigenvalue weighted by molar-refractivity contribution is 6.03. The third kappa shape index (κ3) is 17.1. The third-order valence-electron chi connectivity index (χ3n) is 17.0. The zero-order valence-electron chi connectivity index (χ0n) is 55.7. The van der Waals surface area contributed by atoms with E-state index in [1.54, 1.807) is 0 Å². The maximum atomic E-state index is 14.2. The Bertz CT molecular complexity index is 3490. The van der Waals surface area contributed by atoms with Gasteiger partial charge in [0, 0.05) is 44.3 Å². The summed E-state index contributed by atoms with van der Waals surface area (Å²) in [5, 5.41) is 0. The van der Waals surface area contributed by atoms with Gasteiger partial charge in [-0.1, -0.05) is 131 Å². The normalized spacial score (nSPS) is 11.7. The maximum absolute atomic E-state index is 14.2. The summed E-state index contributed by atoms with van der Waals surface area (Å²) in [6.45, 7) is 18.3. The fourth-order valence-electron chi connectivity index (χ4n) is 11.9. The second-order valence-electron chi connectivity index (χ2n) is 24.5. The van der Waals surface area contributed by atoms with Crippen molar-refractivity contribution in [1.29, 1.82) is 0 Å². The van der Waals surface area contributed by atoms with Crippen LogP contribution in [0.3, 0.4) is 0 Å². The van der Waals surface area contributed by atoms with Crippen LogP contribution in [0.25, 0.3) is 90.9 Å². The molecule has 0 atom stereocenters. The number of carbonyl (C=O) groups is 4. The molecule has 4 aromatic carbocycles. The van der Waals surface area contributed by atoms with Crippen molar-refractivity contribution in [3.63, 3.8) is 0 Å². The first kappa shape index (κ1) is 67.7. The SMILES string of the molecule is CCCCOC(=O)c1cc(CCCC)cc(-c2c3nc(c(-c4cc(CCCC)cc(C(=O)OCCCC)c4)c4ccc([nH]4)c(-c4cc(CCCC)cc(C(=O)OCCCC)c4)c4nc(c(-c5cc(CCCC)cc(C(=O)OCCCC)c5)c5ccc2[nH]5)C=C4)C=C3)c1.